The minimum absolute atomic E-state index is 0.00953. The number of aliphatic hydroxyl groups is 1. The maximum Gasteiger partial charge on any atom is 0.326 e. The average Bonchev–Trinajstić information content (AvgIpc) is 2.78. The Morgan fingerprint density at radius 2 is 2.24 bits per heavy atom. The van der Waals surface area contributed by atoms with Crippen molar-refractivity contribution in [2.24, 2.45) is 0 Å². The van der Waals surface area contributed by atoms with Crippen molar-refractivity contribution in [2.45, 2.75) is 25.4 Å². The van der Waals surface area contributed by atoms with E-state index in [4.69, 9.17) is 10.2 Å². The second kappa shape index (κ2) is 6.59. The fourth-order valence-electron chi connectivity index (χ4n) is 1.22. The number of carboxylic acid groups (broad SMARTS) is 1. The van der Waals surface area contributed by atoms with Crippen LogP contribution in [0.15, 0.2) is 12.4 Å². The summed E-state index contributed by atoms with van der Waals surface area (Å²) in [5, 5.41) is 27.0. The Morgan fingerprint density at radius 3 is 2.76 bits per heavy atom. The van der Waals surface area contributed by atoms with Gasteiger partial charge in [0.1, 0.15) is 6.04 Å². The van der Waals surface area contributed by atoms with E-state index in [9.17, 15) is 9.59 Å². The SMILES string of the molecule is O=C(CCn1ccnn1)N[C@@H](CCO)C(=O)O. The van der Waals surface area contributed by atoms with Gasteiger partial charge in [-0.2, -0.15) is 0 Å². The van der Waals surface area contributed by atoms with Crippen LogP contribution < -0.4 is 5.32 Å². The highest BCUT2D eigenvalue weighted by molar-refractivity contribution is 5.83. The van der Waals surface area contributed by atoms with E-state index in [0.717, 1.165) is 0 Å². The van der Waals surface area contributed by atoms with Crippen molar-refractivity contribution < 1.29 is 19.8 Å². The van der Waals surface area contributed by atoms with Crippen molar-refractivity contribution in [1.29, 1.82) is 0 Å². The zero-order valence-corrected chi connectivity index (χ0v) is 9.11. The molecule has 0 bridgehead atoms. The molecular weight excluding hydrogens is 228 g/mol. The van der Waals surface area contributed by atoms with Gasteiger partial charge in [-0.25, -0.2) is 4.79 Å². The van der Waals surface area contributed by atoms with Crippen LogP contribution in [0.3, 0.4) is 0 Å². The molecule has 3 N–H and O–H groups in total. The van der Waals surface area contributed by atoms with Crippen molar-refractivity contribution in [2.75, 3.05) is 6.61 Å². The largest absolute Gasteiger partial charge is 0.480 e. The number of aliphatic carboxylic acids is 1. The Kier molecular flexibility index (Phi) is 5.08. The predicted molar refractivity (Wildman–Crippen MR) is 55.9 cm³/mol. The smallest absolute Gasteiger partial charge is 0.326 e. The van der Waals surface area contributed by atoms with Gasteiger partial charge in [0.05, 0.1) is 12.7 Å². The molecule has 0 spiro atoms. The Bertz CT molecular complexity index is 365. The van der Waals surface area contributed by atoms with Crippen LogP contribution >= 0.6 is 0 Å². The molecule has 8 heteroatoms. The zero-order chi connectivity index (χ0) is 12.7. The summed E-state index contributed by atoms with van der Waals surface area (Å²) < 4.78 is 1.47. The van der Waals surface area contributed by atoms with E-state index < -0.39 is 17.9 Å². The quantitative estimate of drug-likeness (QED) is 0.542. The maximum absolute atomic E-state index is 11.4. The molecule has 17 heavy (non-hydrogen) atoms. The van der Waals surface area contributed by atoms with E-state index in [1.165, 1.54) is 10.9 Å². The molecule has 1 rings (SSSR count). The molecule has 0 aliphatic rings. The van der Waals surface area contributed by atoms with Crippen molar-refractivity contribution in [3.05, 3.63) is 12.4 Å². The van der Waals surface area contributed by atoms with Gasteiger partial charge in [0.15, 0.2) is 0 Å². The molecule has 0 saturated carbocycles. The van der Waals surface area contributed by atoms with Crippen LogP contribution in [0.1, 0.15) is 12.8 Å². The van der Waals surface area contributed by atoms with Crippen LogP contribution in [0, 0.1) is 0 Å². The van der Waals surface area contributed by atoms with E-state index in [1.54, 1.807) is 6.20 Å². The standard InChI is InChI=1S/C9H14N4O4/c14-6-2-7(9(16)17)11-8(15)1-4-13-5-3-10-12-13/h3,5,7,14H,1-2,4,6H2,(H,11,15)(H,16,17)/t7-/m0/s1. The molecule has 0 saturated heterocycles. The third-order valence-corrected chi connectivity index (χ3v) is 2.09. The predicted octanol–water partition coefficient (Wildman–Crippen LogP) is -1.38. The number of aromatic nitrogens is 3. The van der Waals surface area contributed by atoms with Crippen molar-refractivity contribution >= 4 is 11.9 Å². The molecule has 8 nitrogen and oxygen atoms in total. The topological polar surface area (TPSA) is 117 Å². The number of carbonyl (C=O) groups is 2. The minimum Gasteiger partial charge on any atom is -0.480 e. The van der Waals surface area contributed by atoms with Crippen molar-refractivity contribution in [3.63, 3.8) is 0 Å². The van der Waals surface area contributed by atoms with Gasteiger partial charge in [0.2, 0.25) is 5.91 Å². The molecule has 0 fully saturated rings. The van der Waals surface area contributed by atoms with Crippen LogP contribution in [-0.2, 0) is 16.1 Å². The molecule has 0 aliphatic heterocycles. The summed E-state index contributed by atoms with van der Waals surface area (Å²) in [4.78, 5) is 22.1. The molecule has 0 aliphatic carbocycles. The number of hydrogen-bond acceptors (Lipinski definition) is 5. The molecule has 1 aromatic rings. The number of aliphatic hydroxyl groups excluding tert-OH is 1. The van der Waals surface area contributed by atoms with Crippen molar-refractivity contribution in [1.82, 2.24) is 20.3 Å². The number of aryl methyl sites for hydroxylation is 1. The first-order chi connectivity index (χ1) is 8.13. The van der Waals surface area contributed by atoms with E-state index in [0.29, 0.717) is 6.54 Å². The molecule has 1 aromatic heterocycles. The van der Waals surface area contributed by atoms with Gasteiger partial charge >= 0.3 is 5.97 Å². The third-order valence-electron chi connectivity index (χ3n) is 2.09. The Labute approximate surface area is 97.2 Å². The van der Waals surface area contributed by atoms with Crippen LogP contribution in [0.2, 0.25) is 0 Å². The summed E-state index contributed by atoms with van der Waals surface area (Å²) in [5.41, 5.74) is 0. The summed E-state index contributed by atoms with van der Waals surface area (Å²) in [6, 6.07) is -1.05. The fraction of sp³-hybridized carbons (Fsp3) is 0.556. The fourth-order valence-corrected chi connectivity index (χ4v) is 1.22. The van der Waals surface area contributed by atoms with Crippen LogP contribution in [0.5, 0.6) is 0 Å². The number of carboxylic acids is 1. The molecule has 94 valence electrons. The maximum atomic E-state index is 11.4. The number of carbonyl (C=O) groups excluding carboxylic acids is 1. The Morgan fingerprint density at radius 1 is 1.47 bits per heavy atom. The molecule has 0 aromatic carbocycles. The van der Waals surface area contributed by atoms with Crippen LogP contribution in [0.4, 0.5) is 0 Å². The highest BCUT2D eigenvalue weighted by Crippen LogP contribution is 1.94. The van der Waals surface area contributed by atoms with Gasteiger partial charge < -0.3 is 15.5 Å². The normalized spacial score (nSPS) is 12.1. The molecule has 1 heterocycles. The first kappa shape index (κ1) is 13.1. The lowest BCUT2D eigenvalue weighted by molar-refractivity contribution is -0.142. The number of rotatable bonds is 7. The van der Waals surface area contributed by atoms with Gasteiger partial charge in [-0.1, -0.05) is 5.21 Å². The van der Waals surface area contributed by atoms with E-state index in [-0.39, 0.29) is 19.4 Å². The Hall–Kier alpha value is -1.96. The summed E-state index contributed by atoms with van der Waals surface area (Å²) >= 11 is 0. The molecule has 0 radical (unpaired) electrons. The van der Waals surface area contributed by atoms with Crippen LogP contribution in [0.25, 0.3) is 0 Å². The molecule has 1 atom stereocenters. The highest BCUT2D eigenvalue weighted by Gasteiger charge is 2.18. The first-order valence-corrected chi connectivity index (χ1v) is 5.10. The van der Waals surface area contributed by atoms with Gasteiger partial charge in [0.25, 0.3) is 0 Å². The summed E-state index contributed by atoms with van der Waals surface area (Å²) in [7, 11) is 0. The van der Waals surface area contributed by atoms with Gasteiger partial charge in [-0.15, -0.1) is 5.10 Å². The number of amides is 1. The minimum atomic E-state index is -1.16. The number of hydrogen-bond donors (Lipinski definition) is 3. The van der Waals surface area contributed by atoms with Crippen molar-refractivity contribution in [3.8, 4) is 0 Å². The van der Waals surface area contributed by atoms with Gasteiger partial charge in [-0.05, 0) is 0 Å². The lowest BCUT2D eigenvalue weighted by Gasteiger charge is -2.12. The zero-order valence-electron chi connectivity index (χ0n) is 9.11. The lowest BCUT2D eigenvalue weighted by Crippen LogP contribution is -2.41. The third kappa shape index (κ3) is 4.60. The number of nitrogens with one attached hydrogen (secondary N) is 1. The summed E-state index contributed by atoms with van der Waals surface area (Å²) in [6.07, 6.45) is 3.20. The highest BCUT2D eigenvalue weighted by atomic mass is 16.4. The van der Waals surface area contributed by atoms with E-state index in [2.05, 4.69) is 15.6 Å². The van der Waals surface area contributed by atoms with E-state index >= 15 is 0 Å². The van der Waals surface area contributed by atoms with Crippen LogP contribution in [-0.4, -0.2) is 49.7 Å². The summed E-state index contributed by atoms with van der Waals surface area (Å²) in [6.45, 7) is 0.0393. The monoisotopic (exact) mass is 242 g/mol. The van der Waals surface area contributed by atoms with E-state index in [1.807, 2.05) is 0 Å². The Balaban J connectivity index is 2.34. The van der Waals surface area contributed by atoms with Gasteiger partial charge in [0, 0.05) is 25.6 Å². The summed E-state index contributed by atoms with van der Waals surface area (Å²) in [5.74, 6) is -1.56. The second-order valence-corrected chi connectivity index (χ2v) is 3.39. The molecule has 1 amide bonds. The molecule has 0 unspecified atom stereocenters. The van der Waals surface area contributed by atoms with Gasteiger partial charge in [-0.3, -0.25) is 9.48 Å². The number of nitrogens with zero attached hydrogens (tertiary/aromatic N) is 3. The lowest BCUT2D eigenvalue weighted by atomic mass is 10.2. The second-order valence-electron chi connectivity index (χ2n) is 3.39. The average molecular weight is 242 g/mol. The first-order valence-electron chi connectivity index (χ1n) is 5.10. The molecular formula is C9H14N4O4.